The number of rotatable bonds is 9. The first-order valence-corrected chi connectivity index (χ1v) is 8.61. The van der Waals surface area contributed by atoms with Crippen LogP contribution in [-0.2, 0) is 11.3 Å². The van der Waals surface area contributed by atoms with Gasteiger partial charge in [-0.05, 0) is 42.7 Å². The fraction of sp³-hybridized carbons (Fsp3) is 0.467. The van der Waals surface area contributed by atoms with Crippen molar-refractivity contribution in [2.45, 2.75) is 25.9 Å². The fourth-order valence-electron chi connectivity index (χ4n) is 1.93. The van der Waals surface area contributed by atoms with Gasteiger partial charge in [0, 0.05) is 12.2 Å². The standard InChI is InChI=1S/C15H24N4O2S.ClH/c1-3-17-10-11-5-4-6-12(9-11)18-14(20)13(7-8-22-2)19-15(16)21;/h4-6,9,13,17H,3,7-8,10H2,1-2H3,(H,18,20)(H3,16,19,21);1H. The summed E-state index contributed by atoms with van der Waals surface area (Å²) in [5.41, 5.74) is 6.93. The Morgan fingerprint density at radius 3 is 2.70 bits per heavy atom. The summed E-state index contributed by atoms with van der Waals surface area (Å²) >= 11 is 1.61. The number of urea groups is 1. The summed E-state index contributed by atoms with van der Waals surface area (Å²) in [6.07, 6.45) is 2.48. The molecule has 1 aromatic rings. The van der Waals surface area contributed by atoms with Crippen LogP contribution in [0.3, 0.4) is 0 Å². The minimum atomic E-state index is -0.692. The number of anilines is 1. The Balaban J connectivity index is 0.00000484. The van der Waals surface area contributed by atoms with Crippen LogP contribution in [0, 0.1) is 0 Å². The molecule has 1 unspecified atom stereocenters. The Labute approximate surface area is 147 Å². The van der Waals surface area contributed by atoms with E-state index in [1.54, 1.807) is 11.8 Å². The summed E-state index contributed by atoms with van der Waals surface area (Å²) in [6, 6.07) is 6.30. The van der Waals surface area contributed by atoms with Crippen molar-refractivity contribution < 1.29 is 9.59 Å². The van der Waals surface area contributed by atoms with Gasteiger partial charge in [0.2, 0.25) is 5.91 Å². The predicted molar refractivity (Wildman–Crippen MR) is 99.2 cm³/mol. The molecule has 1 rings (SSSR count). The fourth-order valence-corrected chi connectivity index (χ4v) is 2.41. The summed E-state index contributed by atoms with van der Waals surface area (Å²) in [6.45, 7) is 3.67. The summed E-state index contributed by atoms with van der Waals surface area (Å²) in [5.74, 6) is 0.507. The number of primary amides is 1. The van der Waals surface area contributed by atoms with Crippen molar-refractivity contribution in [3.8, 4) is 0 Å². The van der Waals surface area contributed by atoms with Crippen molar-refractivity contribution in [2.75, 3.05) is 23.9 Å². The van der Waals surface area contributed by atoms with E-state index in [0.717, 1.165) is 24.4 Å². The molecule has 0 aliphatic carbocycles. The molecule has 6 nitrogen and oxygen atoms in total. The van der Waals surface area contributed by atoms with Crippen LogP contribution in [0.25, 0.3) is 0 Å². The number of benzene rings is 1. The van der Waals surface area contributed by atoms with Gasteiger partial charge in [-0.15, -0.1) is 12.4 Å². The van der Waals surface area contributed by atoms with Gasteiger partial charge in [0.15, 0.2) is 0 Å². The lowest BCUT2D eigenvalue weighted by Gasteiger charge is -2.17. The number of carbonyl (C=O) groups is 2. The molecular formula is C15H25ClN4O2S. The molecule has 1 atom stereocenters. The highest BCUT2D eigenvalue weighted by molar-refractivity contribution is 7.98. The molecule has 0 heterocycles. The van der Waals surface area contributed by atoms with Gasteiger partial charge < -0.3 is 21.7 Å². The molecule has 0 fully saturated rings. The first-order chi connectivity index (χ1) is 10.6. The Morgan fingerprint density at radius 2 is 2.09 bits per heavy atom. The third-order valence-electron chi connectivity index (χ3n) is 3.02. The summed E-state index contributed by atoms with van der Waals surface area (Å²) < 4.78 is 0. The number of nitrogens with one attached hydrogen (secondary N) is 3. The molecular weight excluding hydrogens is 336 g/mol. The third kappa shape index (κ3) is 8.68. The van der Waals surface area contributed by atoms with Crippen LogP contribution in [-0.4, -0.2) is 36.5 Å². The zero-order chi connectivity index (χ0) is 16.4. The van der Waals surface area contributed by atoms with Gasteiger partial charge in [-0.1, -0.05) is 19.1 Å². The average Bonchev–Trinajstić information content (AvgIpc) is 2.49. The van der Waals surface area contributed by atoms with E-state index in [-0.39, 0.29) is 18.3 Å². The second-order valence-corrected chi connectivity index (χ2v) is 5.80. The van der Waals surface area contributed by atoms with Gasteiger partial charge in [-0.3, -0.25) is 4.79 Å². The summed E-state index contributed by atoms with van der Waals surface area (Å²) in [7, 11) is 0. The maximum atomic E-state index is 12.3. The zero-order valence-electron chi connectivity index (χ0n) is 13.4. The number of thioether (sulfide) groups is 1. The lowest BCUT2D eigenvalue weighted by atomic mass is 10.1. The minimum absolute atomic E-state index is 0. The molecule has 3 amide bonds. The quantitative estimate of drug-likeness (QED) is 0.541. The van der Waals surface area contributed by atoms with Crippen molar-refractivity contribution in [2.24, 2.45) is 5.73 Å². The van der Waals surface area contributed by atoms with Crippen LogP contribution in [0.2, 0.25) is 0 Å². The van der Waals surface area contributed by atoms with Gasteiger partial charge >= 0.3 is 6.03 Å². The molecule has 0 spiro atoms. The molecule has 1 aromatic carbocycles. The number of hydrogen-bond donors (Lipinski definition) is 4. The van der Waals surface area contributed by atoms with Crippen LogP contribution >= 0.6 is 24.2 Å². The Morgan fingerprint density at radius 1 is 1.35 bits per heavy atom. The van der Waals surface area contributed by atoms with E-state index in [4.69, 9.17) is 5.73 Å². The largest absolute Gasteiger partial charge is 0.352 e. The summed E-state index contributed by atoms with van der Waals surface area (Å²) in [5, 5.41) is 8.54. The van der Waals surface area contributed by atoms with Crippen molar-refractivity contribution >= 4 is 41.8 Å². The normalized spacial score (nSPS) is 11.2. The SMILES string of the molecule is CCNCc1cccc(NC(=O)C(CCSC)NC(N)=O)c1.Cl. The van der Waals surface area contributed by atoms with E-state index in [0.29, 0.717) is 12.1 Å². The second-order valence-electron chi connectivity index (χ2n) is 4.81. The van der Waals surface area contributed by atoms with Crippen LogP contribution in [0.15, 0.2) is 24.3 Å². The number of halogens is 1. The lowest BCUT2D eigenvalue weighted by molar-refractivity contribution is -0.117. The minimum Gasteiger partial charge on any atom is -0.352 e. The first-order valence-electron chi connectivity index (χ1n) is 7.22. The predicted octanol–water partition coefficient (Wildman–Crippen LogP) is 1.95. The highest BCUT2D eigenvalue weighted by atomic mass is 35.5. The molecule has 0 aromatic heterocycles. The maximum Gasteiger partial charge on any atom is 0.312 e. The molecule has 8 heteroatoms. The van der Waals surface area contributed by atoms with Crippen molar-refractivity contribution in [3.63, 3.8) is 0 Å². The van der Waals surface area contributed by atoms with E-state index in [9.17, 15) is 9.59 Å². The van der Waals surface area contributed by atoms with Gasteiger partial charge in [0.1, 0.15) is 6.04 Å². The van der Waals surface area contributed by atoms with E-state index >= 15 is 0 Å². The van der Waals surface area contributed by atoms with Crippen molar-refractivity contribution in [1.29, 1.82) is 0 Å². The molecule has 5 N–H and O–H groups in total. The van der Waals surface area contributed by atoms with Crippen LogP contribution < -0.4 is 21.7 Å². The van der Waals surface area contributed by atoms with Crippen LogP contribution in [0.5, 0.6) is 0 Å². The molecule has 23 heavy (non-hydrogen) atoms. The van der Waals surface area contributed by atoms with Crippen LogP contribution in [0.4, 0.5) is 10.5 Å². The number of nitrogens with two attached hydrogens (primary N) is 1. The van der Waals surface area contributed by atoms with Gasteiger partial charge in [0.05, 0.1) is 0 Å². The molecule has 0 bridgehead atoms. The smallest absolute Gasteiger partial charge is 0.312 e. The zero-order valence-corrected chi connectivity index (χ0v) is 15.1. The lowest BCUT2D eigenvalue weighted by Crippen LogP contribution is -2.46. The topological polar surface area (TPSA) is 96.2 Å². The Kier molecular flexibility index (Phi) is 11.3. The van der Waals surface area contributed by atoms with Gasteiger partial charge in [-0.25, -0.2) is 4.79 Å². The molecule has 0 radical (unpaired) electrons. The number of hydrogen-bond acceptors (Lipinski definition) is 4. The van der Waals surface area contributed by atoms with E-state index in [1.165, 1.54) is 0 Å². The molecule has 0 saturated carbocycles. The second kappa shape index (κ2) is 12.0. The van der Waals surface area contributed by atoms with E-state index < -0.39 is 12.1 Å². The molecule has 0 aliphatic heterocycles. The number of carbonyl (C=O) groups excluding carboxylic acids is 2. The molecule has 0 aliphatic rings. The van der Waals surface area contributed by atoms with Gasteiger partial charge in [0.25, 0.3) is 0 Å². The maximum absolute atomic E-state index is 12.3. The molecule has 130 valence electrons. The molecule has 0 saturated heterocycles. The summed E-state index contributed by atoms with van der Waals surface area (Å²) in [4.78, 5) is 23.3. The van der Waals surface area contributed by atoms with Gasteiger partial charge in [-0.2, -0.15) is 11.8 Å². The first kappa shape index (κ1) is 21.6. The van der Waals surface area contributed by atoms with Crippen molar-refractivity contribution in [1.82, 2.24) is 10.6 Å². The third-order valence-corrected chi connectivity index (χ3v) is 3.66. The van der Waals surface area contributed by atoms with Crippen molar-refractivity contribution in [3.05, 3.63) is 29.8 Å². The Hall–Kier alpha value is -1.44. The highest BCUT2D eigenvalue weighted by Crippen LogP contribution is 2.12. The monoisotopic (exact) mass is 360 g/mol. The van der Waals surface area contributed by atoms with E-state index in [2.05, 4.69) is 16.0 Å². The Bertz CT molecular complexity index is 502. The average molecular weight is 361 g/mol. The van der Waals surface area contributed by atoms with Crippen LogP contribution in [0.1, 0.15) is 18.9 Å². The van der Waals surface area contributed by atoms with E-state index in [1.807, 2.05) is 37.4 Å². The highest BCUT2D eigenvalue weighted by Gasteiger charge is 2.19. The number of amides is 3.